The van der Waals surface area contributed by atoms with E-state index in [-0.39, 0.29) is 0 Å². The van der Waals surface area contributed by atoms with Gasteiger partial charge in [-0.1, -0.05) is 28.9 Å². The lowest BCUT2D eigenvalue weighted by atomic mass is 10.1. The molecule has 0 spiro atoms. The molecule has 0 saturated heterocycles. The molecule has 0 bridgehead atoms. The molecule has 4 nitrogen and oxygen atoms in total. The highest BCUT2D eigenvalue weighted by Gasteiger charge is 2.21. The van der Waals surface area contributed by atoms with Gasteiger partial charge in [-0.05, 0) is 30.5 Å². The molecule has 1 aromatic heterocycles. The monoisotopic (exact) mass is 263 g/mol. The third-order valence-electron chi connectivity index (χ3n) is 2.90. The van der Waals surface area contributed by atoms with E-state index < -0.39 is 0 Å². The summed E-state index contributed by atoms with van der Waals surface area (Å²) < 4.78 is 5.19. The average Bonchev–Trinajstić information content (AvgIpc) is 3.10. The summed E-state index contributed by atoms with van der Waals surface area (Å²) in [6.45, 7) is 0.665. The number of hydrogen-bond donors (Lipinski definition) is 1. The van der Waals surface area contributed by atoms with Crippen LogP contribution in [0, 0.1) is 0 Å². The molecule has 1 aromatic carbocycles. The van der Waals surface area contributed by atoms with Crippen molar-refractivity contribution < 1.29 is 4.52 Å². The van der Waals surface area contributed by atoms with Crippen LogP contribution in [0.2, 0.25) is 5.02 Å². The van der Waals surface area contributed by atoms with Crippen molar-refractivity contribution >= 4 is 11.6 Å². The van der Waals surface area contributed by atoms with Gasteiger partial charge in [0.15, 0.2) is 5.82 Å². The largest absolute Gasteiger partial charge is 0.338 e. The van der Waals surface area contributed by atoms with Crippen molar-refractivity contribution in [3.05, 3.63) is 46.6 Å². The van der Waals surface area contributed by atoms with E-state index in [4.69, 9.17) is 16.1 Å². The highest BCUT2D eigenvalue weighted by Crippen LogP contribution is 2.19. The van der Waals surface area contributed by atoms with Crippen molar-refractivity contribution in [1.82, 2.24) is 15.5 Å². The number of halogens is 1. The third kappa shape index (κ3) is 3.09. The van der Waals surface area contributed by atoms with Crippen LogP contribution in [-0.2, 0) is 13.0 Å². The Balaban J connectivity index is 1.60. The molecule has 1 heterocycles. The summed E-state index contributed by atoms with van der Waals surface area (Å²) in [6.07, 6.45) is 3.18. The van der Waals surface area contributed by atoms with Crippen molar-refractivity contribution in [3.63, 3.8) is 0 Å². The number of nitrogens with zero attached hydrogens (tertiary/aromatic N) is 2. The van der Waals surface area contributed by atoms with Gasteiger partial charge < -0.3 is 9.84 Å². The molecule has 1 fully saturated rings. The second-order valence-corrected chi connectivity index (χ2v) is 5.00. The summed E-state index contributed by atoms with van der Waals surface area (Å²) >= 11 is 5.84. The molecule has 18 heavy (non-hydrogen) atoms. The summed E-state index contributed by atoms with van der Waals surface area (Å²) in [7, 11) is 0. The quantitative estimate of drug-likeness (QED) is 0.901. The van der Waals surface area contributed by atoms with Gasteiger partial charge in [-0.15, -0.1) is 0 Å². The summed E-state index contributed by atoms with van der Waals surface area (Å²) in [5.74, 6) is 1.37. The predicted octanol–water partition coefficient (Wildman–Crippen LogP) is 2.57. The number of nitrogens with one attached hydrogen (secondary N) is 1. The second-order valence-electron chi connectivity index (χ2n) is 4.56. The first-order chi connectivity index (χ1) is 8.79. The van der Waals surface area contributed by atoms with Crippen LogP contribution < -0.4 is 5.32 Å². The van der Waals surface area contributed by atoms with E-state index in [1.807, 2.05) is 24.3 Å². The van der Waals surface area contributed by atoms with E-state index in [1.54, 1.807) is 0 Å². The molecule has 94 valence electrons. The zero-order valence-electron chi connectivity index (χ0n) is 9.90. The topological polar surface area (TPSA) is 51.0 Å². The predicted molar refractivity (Wildman–Crippen MR) is 68.4 cm³/mol. The second kappa shape index (κ2) is 5.08. The fourth-order valence-corrected chi connectivity index (χ4v) is 1.86. The van der Waals surface area contributed by atoms with Gasteiger partial charge in [0, 0.05) is 17.5 Å². The normalized spacial score (nSPS) is 14.9. The van der Waals surface area contributed by atoms with Gasteiger partial charge in [0.1, 0.15) is 0 Å². The smallest absolute Gasteiger partial charge is 0.240 e. The van der Waals surface area contributed by atoms with Crippen LogP contribution in [0.1, 0.15) is 30.1 Å². The Hall–Kier alpha value is -1.39. The van der Waals surface area contributed by atoms with Crippen LogP contribution in [0.4, 0.5) is 0 Å². The Morgan fingerprint density at radius 2 is 2.06 bits per heavy atom. The highest BCUT2D eigenvalue weighted by atomic mass is 35.5. The lowest BCUT2D eigenvalue weighted by Gasteiger charge is -1.96. The molecule has 5 heteroatoms. The molecular weight excluding hydrogens is 250 g/mol. The van der Waals surface area contributed by atoms with Gasteiger partial charge >= 0.3 is 0 Å². The Morgan fingerprint density at radius 3 is 2.78 bits per heavy atom. The van der Waals surface area contributed by atoms with Crippen molar-refractivity contribution in [1.29, 1.82) is 0 Å². The maximum atomic E-state index is 5.84. The van der Waals surface area contributed by atoms with Crippen LogP contribution in [-0.4, -0.2) is 16.2 Å². The number of benzene rings is 1. The molecule has 3 rings (SSSR count). The number of aromatic nitrogens is 2. The van der Waals surface area contributed by atoms with Crippen molar-refractivity contribution in [2.45, 2.75) is 31.8 Å². The van der Waals surface area contributed by atoms with Crippen LogP contribution in [0.15, 0.2) is 28.8 Å². The first-order valence-electron chi connectivity index (χ1n) is 6.09. The van der Waals surface area contributed by atoms with Gasteiger partial charge in [-0.25, -0.2) is 0 Å². The Bertz CT molecular complexity index is 519. The van der Waals surface area contributed by atoms with E-state index in [0.717, 1.165) is 10.6 Å². The Morgan fingerprint density at radius 1 is 1.28 bits per heavy atom. The Labute approximate surface area is 110 Å². The SMILES string of the molecule is Clc1ccc(Cc2noc(CNC3CC3)n2)cc1. The summed E-state index contributed by atoms with van der Waals surface area (Å²) in [5.41, 5.74) is 1.13. The maximum Gasteiger partial charge on any atom is 0.240 e. The van der Waals surface area contributed by atoms with Crippen molar-refractivity contribution in [2.24, 2.45) is 0 Å². The third-order valence-corrected chi connectivity index (χ3v) is 3.16. The first kappa shape index (κ1) is 11.7. The lowest BCUT2D eigenvalue weighted by molar-refractivity contribution is 0.363. The zero-order chi connectivity index (χ0) is 12.4. The summed E-state index contributed by atoms with van der Waals surface area (Å²) in [5, 5.41) is 8.05. The molecule has 1 aliphatic rings. The van der Waals surface area contributed by atoms with E-state index in [9.17, 15) is 0 Å². The molecule has 1 saturated carbocycles. The zero-order valence-corrected chi connectivity index (χ0v) is 10.7. The Kier molecular flexibility index (Phi) is 3.30. The van der Waals surface area contributed by atoms with E-state index >= 15 is 0 Å². The molecule has 1 N–H and O–H groups in total. The van der Waals surface area contributed by atoms with Crippen LogP contribution in [0.5, 0.6) is 0 Å². The van der Waals surface area contributed by atoms with E-state index in [0.29, 0.717) is 30.7 Å². The summed E-state index contributed by atoms with van der Waals surface area (Å²) in [6, 6.07) is 8.33. The van der Waals surface area contributed by atoms with Crippen LogP contribution in [0.3, 0.4) is 0 Å². The van der Waals surface area contributed by atoms with Gasteiger partial charge in [0.05, 0.1) is 6.54 Å². The molecule has 0 atom stereocenters. The average molecular weight is 264 g/mol. The van der Waals surface area contributed by atoms with Gasteiger partial charge in [0.2, 0.25) is 5.89 Å². The van der Waals surface area contributed by atoms with E-state index in [1.165, 1.54) is 12.8 Å². The number of hydrogen-bond acceptors (Lipinski definition) is 4. The molecule has 0 amide bonds. The molecular formula is C13H14ClN3O. The van der Waals surface area contributed by atoms with Gasteiger partial charge in [0.25, 0.3) is 0 Å². The lowest BCUT2D eigenvalue weighted by Crippen LogP contribution is -2.15. The van der Waals surface area contributed by atoms with Crippen LogP contribution >= 0.6 is 11.6 Å². The fourth-order valence-electron chi connectivity index (χ4n) is 1.74. The first-order valence-corrected chi connectivity index (χ1v) is 6.47. The molecule has 0 radical (unpaired) electrons. The van der Waals surface area contributed by atoms with E-state index in [2.05, 4.69) is 15.5 Å². The molecule has 0 unspecified atom stereocenters. The minimum Gasteiger partial charge on any atom is -0.338 e. The minimum absolute atomic E-state index is 0.650. The van der Waals surface area contributed by atoms with Crippen LogP contribution in [0.25, 0.3) is 0 Å². The fraction of sp³-hybridized carbons (Fsp3) is 0.385. The minimum atomic E-state index is 0.650. The van der Waals surface area contributed by atoms with Gasteiger partial charge in [-0.2, -0.15) is 4.98 Å². The van der Waals surface area contributed by atoms with Crippen molar-refractivity contribution in [3.8, 4) is 0 Å². The van der Waals surface area contributed by atoms with Crippen molar-refractivity contribution in [2.75, 3.05) is 0 Å². The number of rotatable bonds is 5. The molecule has 1 aliphatic carbocycles. The maximum absolute atomic E-state index is 5.84. The summed E-state index contributed by atoms with van der Waals surface area (Å²) in [4.78, 5) is 4.35. The highest BCUT2D eigenvalue weighted by molar-refractivity contribution is 6.30. The van der Waals surface area contributed by atoms with Gasteiger partial charge in [-0.3, -0.25) is 0 Å². The molecule has 2 aromatic rings. The molecule has 0 aliphatic heterocycles. The standard InChI is InChI=1S/C13H14ClN3O/c14-10-3-1-9(2-4-10)7-12-16-13(18-17-12)8-15-11-5-6-11/h1-4,11,15H,5-8H2.